The van der Waals surface area contributed by atoms with E-state index in [4.69, 9.17) is 28.4 Å². The summed E-state index contributed by atoms with van der Waals surface area (Å²) in [6.07, 6.45) is 6.76. The Hall–Kier alpha value is 0.620. The van der Waals surface area contributed by atoms with Crippen molar-refractivity contribution in [2.45, 2.75) is 132 Å². The van der Waals surface area contributed by atoms with Gasteiger partial charge in [0.25, 0.3) is 0 Å². The summed E-state index contributed by atoms with van der Waals surface area (Å²) in [7, 11) is -0.898. The van der Waals surface area contributed by atoms with Crippen LogP contribution in [-0.2, 0) is 28.4 Å². The molecule has 8 heteroatoms. The molecule has 8 aliphatic rings. The lowest BCUT2D eigenvalue weighted by atomic mass is 9.98. The second kappa shape index (κ2) is 5.88. The van der Waals surface area contributed by atoms with E-state index in [1.807, 2.05) is 0 Å². The first-order valence-electron chi connectivity index (χ1n) is 11.8. The molecule has 8 bridgehead atoms. The molecule has 0 N–H and O–H groups in total. The third-order valence-corrected chi connectivity index (χ3v) is 15.3. The first kappa shape index (κ1) is 22.1. The van der Waals surface area contributed by atoms with E-state index >= 15 is 0 Å². The second-order valence-electron chi connectivity index (χ2n) is 12.2. The Morgan fingerprint density at radius 1 is 0.452 bits per heavy atom. The van der Waals surface area contributed by atoms with Crippen molar-refractivity contribution in [3.05, 3.63) is 0 Å². The first-order chi connectivity index (χ1) is 14.0. The normalized spacial score (nSPS) is 66.2. The van der Waals surface area contributed by atoms with Gasteiger partial charge in [-0.05, 0) is 90.0 Å². The Morgan fingerprint density at radius 3 is 0.968 bits per heavy atom. The molecule has 0 spiro atoms. The lowest BCUT2D eigenvalue weighted by Crippen LogP contribution is -2.72. The van der Waals surface area contributed by atoms with Gasteiger partial charge in [-0.3, -0.25) is 0 Å². The van der Waals surface area contributed by atoms with E-state index in [9.17, 15) is 0 Å². The Bertz CT molecular complexity index is 679. The van der Waals surface area contributed by atoms with Gasteiger partial charge in [0, 0.05) is 25.7 Å². The van der Waals surface area contributed by atoms with Gasteiger partial charge in [-0.2, -0.15) is 0 Å². The molecule has 0 radical (unpaired) electrons. The quantitative estimate of drug-likeness (QED) is 0.481. The van der Waals surface area contributed by atoms with E-state index in [1.165, 1.54) is 0 Å². The molecule has 6 nitrogen and oxygen atoms in total. The van der Waals surface area contributed by atoms with Crippen LogP contribution in [0.3, 0.4) is 0 Å². The molecule has 176 valence electrons. The van der Waals surface area contributed by atoms with Crippen LogP contribution in [0.2, 0.25) is 0 Å². The van der Waals surface area contributed by atoms with Gasteiger partial charge in [0.2, 0.25) is 0 Å². The fourth-order valence-corrected chi connectivity index (χ4v) is 16.8. The van der Waals surface area contributed by atoms with Crippen molar-refractivity contribution in [1.29, 1.82) is 0 Å². The zero-order valence-corrected chi connectivity index (χ0v) is 22.1. The predicted molar refractivity (Wildman–Crippen MR) is 120 cm³/mol. The molecule has 31 heavy (non-hydrogen) atoms. The number of hydrogen-bond donors (Lipinski definition) is 0. The summed E-state index contributed by atoms with van der Waals surface area (Å²) in [5.41, 5.74) is 0. The molecular weight excluding hydrogens is 434 g/mol. The SMILES string of the molecule is C[C@@]12C[C@]3(C)O[C@@](C)(C[C@](C)(O1)P3CCCP1[C@@]3(C)C[C@]4(C)O[C@@](C)(C[C@@]1(C)O4)O3)O2. The van der Waals surface area contributed by atoms with Crippen LogP contribution in [-0.4, -0.2) is 56.8 Å². The average Bonchev–Trinajstić information content (AvgIpc) is 2.43. The highest BCUT2D eigenvalue weighted by Crippen LogP contribution is 2.79. The number of rotatable bonds is 4. The topological polar surface area (TPSA) is 55.4 Å². The van der Waals surface area contributed by atoms with E-state index < -0.39 is 39.0 Å². The fourth-order valence-electron chi connectivity index (χ4n) is 8.61. The maximum Gasteiger partial charge on any atom is 0.173 e. The summed E-state index contributed by atoms with van der Waals surface area (Å²) >= 11 is 0. The highest BCUT2D eigenvalue weighted by Gasteiger charge is 2.72. The van der Waals surface area contributed by atoms with Gasteiger partial charge in [-0.15, -0.1) is 0 Å². The molecule has 0 unspecified atom stereocenters. The van der Waals surface area contributed by atoms with Crippen LogP contribution < -0.4 is 0 Å². The van der Waals surface area contributed by atoms with Gasteiger partial charge in [0.05, 0.1) is 21.4 Å². The lowest BCUT2D eigenvalue weighted by Gasteiger charge is -2.70. The third kappa shape index (κ3) is 3.05. The molecule has 0 aliphatic carbocycles. The minimum atomic E-state index is -0.521. The molecule has 8 heterocycles. The van der Waals surface area contributed by atoms with Crippen molar-refractivity contribution in [3.8, 4) is 0 Å². The molecule has 8 saturated heterocycles. The molecule has 8 atom stereocenters. The molecule has 0 aromatic heterocycles. The van der Waals surface area contributed by atoms with Crippen LogP contribution in [0.25, 0.3) is 0 Å². The van der Waals surface area contributed by atoms with Gasteiger partial charge in [0.15, 0.2) is 23.1 Å². The maximum atomic E-state index is 6.61. The fraction of sp³-hybridized carbons (Fsp3) is 1.00. The van der Waals surface area contributed by atoms with Crippen molar-refractivity contribution in [2.75, 3.05) is 12.3 Å². The maximum absolute atomic E-state index is 6.61. The highest BCUT2D eigenvalue weighted by atomic mass is 31.1. The number of ether oxygens (including phenoxy) is 6. The van der Waals surface area contributed by atoms with Crippen molar-refractivity contribution in [1.82, 2.24) is 0 Å². The van der Waals surface area contributed by atoms with Crippen molar-refractivity contribution in [3.63, 3.8) is 0 Å². The Morgan fingerprint density at radius 2 is 0.710 bits per heavy atom. The zero-order valence-electron chi connectivity index (χ0n) is 20.3. The summed E-state index contributed by atoms with van der Waals surface area (Å²) in [4.78, 5) is 0. The van der Waals surface area contributed by atoms with E-state index in [-0.39, 0.29) is 21.4 Å². The summed E-state index contributed by atoms with van der Waals surface area (Å²) in [6, 6.07) is 0. The van der Waals surface area contributed by atoms with E-state index in [0.29, 0.717) is 0 Å². The Labute approximate surface area is 188 Å². The number of hydrogen-bond acceptors (Lipinski definition) is 6. The monoisotopic (exact) mass is 472 g/mol. The standard InChI is InChI=1S/C23H38O6P2/c1-16-12-20(5)27-17(2,24-16)13-21(6,26-16)30(20)10-9-11-31-22(7)14-18(3)25-19(4,29-22)15-23(31,8)28-18/h9-15H2,1-8H3/t16-,17-,18+,19+,20+,21+,22-,23-. The summed E-state index contributed by atoms with van der Waals surface area (Å²) in [5, 5.41) is -0.574. The van der Waals surface area contributed by atoms with Gasteiger partial charge >= 0.3 is 0 Å². The molecule has 0 aromatic rings. The minimum Gasteiger partial charge on any atom is -0.339 e. The molecular formula is C23H38O6P2. The van der Waals surface area contributed by atoms with Gasteiger partial charge in [0.1, 0.15) is 0 Å². The van der Waals surface area contributed by atoms with Crippen molar-refractivity contribution >= 4 is 15.8 Å². The third-order valence-electron chi connectivity index (χ3n) is 8.25. The Kier molecular flexibility index (Phi) is 4.19. The smallest absolute Gasteiger partial charge is 0.173 e. The Balaban J connectivity index is 1.20. The van der Waals surface area contributed by atoms with Gasteiger partial charge in [-0.1, -0.05) is 0 Å². The predicted octanol–water partition coefficient (Wildman–Crippen LogP) is 5.81. The van der Waals surface area contributed by atoms with Crippen LogP contribution in [0.5, 0.6) is 0 Å². The second-order valence-corrected chi connectivity index (χ2v) is 18.6. The van der Waals surface area contributed by atoms with Crippen LogP contribution in [0.15, 0.2) is 0 Å². The molecule has 8 aliphatic heterocycles. The van der Waals surface area contributed by atoms with Crippen LogP contribution in [0.4, 0.5) is 0 Å². The summed E-state index contributed by atoms with van der Waals surface area (Å²) < 4.78 is 38.9. The van der Waals surface area contributed by atoms with E-state index in [1.54, 1.807) is 0 Å². The van der Waals surface area contributed by atoms with Crippen molar-refractivity contribution < 1.29 is 28.4 Å². The molecule has 0 saturated carbocycles. The van der Waals surface area contributed by atoms with E-state index in [2.05, 4.69) is 55.4 Å². The summed E-state index contributed by atoms with van der Waals surface area (Å²) in [6.45, 7) is 17.6. The zero-order chi connectivity index (χ0) is 22.3. The molecule has 0 amide bonds. The van der Waals surface area contributed by atoms with Crippen molar-refractivity contribution in [2.24, 2.45) is 0 Å². The lowest BCUT2D eigenvalue weighted by molar-refractivity contribution is -0.469. The minimum absolute atomic E-state index is 0.144. The summed E-state index contributed by atoms with van der Waals surface area (Å²) in [5.74, 6) is -2.08. The van der Waals surface area contributed by atoms with Gasteiger partial charge in [-0.25, -0.2) is 0 Å². The van der Waals surface area contributed by atoms with E-state index in [0.717, 1.165) is 44.4 Å². The largest absolute Gasteiger partial charge is 0.339 e. The molecule has 8 rings (SSSR count). The molecule has 8 fully saturated rings. The van der Waals surface area contributed by atoms with Crippen LogP contribution >= 0.6 is 15.8 Å². The van der Waals surface area contributed by atoms with Crippen LogP contribution in [0.1, 0.15) is 87.5 Å². The first-order valence-corrected chi connectivity index (χ1v) is 14.9. The molecule has 0 aromatic carbocycles. The highest BCUT2D eigenvalue weighted by molar-refractivity contribution is 7.61. The van der Waals surface area contributed by atoms with Crippen LogP contribution in [0, 0.1) is 0 Å². The average molecular weight is 472 g/mol. The van der Waals surface area contributed by atoms with Gasteiger partial charge < -0.3 is 28.4 Å².